The molecule has 36 heavy (non-hydrogen) atoms. The molecule has 2 aromatic carbocycles. The number of amides is 2. The summed E-state index contributed by atoms with van der Waals surface area (Å²) in [6.45, 7) is 2.82. The van der Waals surface area contributed by atoms with E-state index in [0.717, 1.165) is 24.3 Å². The molecule has 0 unspecified atom stereocenters. The SMILES string of the molecule is CCOC(=O)N1CCN(C(=O)COc2ccc(S(=O)(=O)Nc3cccc(C(F)(F)F)c3)cc2Cl)CC1. The number of ether oxygens (including phenoxy) is 2. The highest BCUT2D eigenvalue weighted by molar-refractivity contribution is 7.92. The Kier molecular flexibility index (Phi) is 8.56. The molecule has 0 spiro atoms. The first-order chi connectivity index (χ1) is 16.9. The van der Waals surface area contributed by atoms with Gasteiger partial charge in [-0.3, -0.25) is 9.52 Å². The smallest absolute Gasteiger partial charge is 0.416 e. The molecule has 0 aromatic heterocycles. The van der Waals surface area contributed by atoms with Crippen molar-refractivity contribution in [2.24, 2.45) is 0 Å². The first-order valence-electron chi connectivity index (χ1n) is 10.7. The molecule has 0 saturated carbocycles. The minimum Gasteiger partial charge on any atom is -0.482 e. The number of hydrogen-bond acceptors (Lipinski definition) is 6. The summed E-state index contributed by atoms with van der Waals surface area (Å²) in [5.74, 6) is -0.300. The van der Waals surface area contributed by atoms with E-state index in [0.29, 0.717) is 32.2 Å². The number of halogens is 4. The van der Waals surface area contributed by atoms with Crippen molar-refractivity contribution < 1.29 is 40.7 Å². The third-order valence-electron chi connectivity index (χ3n) is 5.17. The van der Waals surface area contributed by atoms with Crippen LogP contribution in [0.25, 0.3) is 0 Å². The molecule has 2 amide bonds. The van der Waals surface area contributed by atoms with E-state index in [4.69, 9.17) is 21.1 Å². The minimum absolute atomic E-state index is 0.0493. The fourth-order valence-corrected chi connectivity index (χ4v) is 4.70. The number of hydrogen-bond donors (Lipinski definition) is 1. The van der Waals surface area contributed by atoms with Crippen LogP contribution < -0.4 is 9.46 Å². The van der Waals surface area contributed by atoms with E-state index < -0.39 is 27.9 Å². The predicted octanol–water partition coefficient (Wildman–Crippen LogP) is 3.84. The van der Waals surface area contributed by atoms with E-state index in [1.165, 1.54) is 21.9 Å². The van der Waals surface area contributed by atoms with Gasteiger partial charge in [-0.25, -0.2) is 13.2 Å². The Hall–Kier alpha value is -3.19. The lowest BCUT2D eigenvalue weighted by atomic mass is 10.2. The van der Waals surface area contributed by atoms with Gasteiger partial charge in [0, 0.05) is 31.9 Å². The highest BCUT2D eigenvalue weighted by atomic mass is 35.5. The maximum absolute atomic E-state index is 12.9. The molecular weight excluding hydrogens is 527 g/mol. The zero-order chi connectivity index (χ0) is 26.5. The lowest BCUT2D eigenvalue weighted by Crippen LogP contribution is -2.51. The van der Waals surface area contributed by atoms with E-state index in [1.54, 1.807) is 6.92 Å². The Labute approximate surface area is 210 Å². The Bertz CT molecular complexity index is 1220. The average Bonchev–Trinajstić information content (AvgIpc) is 2.82. The molecule has 1 aliphatic heterocycles. The average molecular weight is 550 g/mol. The zero-order valence-electron chi connectivity index (χ0n) is 19.0. The number of carbonyl (C=O) groups excluding carboxylic acids is 2. The first kappa shape index (κ1) is 27.4. The van der Waals surface area contributed by atoms with E-state index in [2.05, 4.69) is 4.72 Å². The Morgan fingerprint density at radius 1 is 1.06 bits per heavy atom. The summed E-state index contributed by atoms with van der Waals surface area (Å²) in [4.78, 5) is 26.9. The van der Waals surface area contributed by atoms with Gasteiger partial charge in [-0.2, -0.15) is 13.2 Å². The van der Waals surface area contributed by atoms with Crippen molar-refractivity contribution >= 4 is 39.3 Å². The zero-order valence-corrected chi connectivity index (χ0v) is 20.6. The van der Waals surface area contributed by atoms with Gasteiger partial charge in [-0.1, -0.05) is 17.7 Å². The van der Waals surface area contributed by atoms with Crippen LogP contribution in [0.1, 0.15) is 12.5 Å². The van der Waals surface area contributed by atoms with Gasteiger partial charge < -0.3 is 19.3 Å². The third-order valence-corrected chi connectivity index (χ3v) is 6.84. The molecule has 1 fully saturated rings. The fraction of sp³-hybridized carbons (Fsp3) is 0.364. The van der Waals surface area contributed by atoms with Crippen LogP contribution in [-0.2, 0) is 25.7 Å². The summed E-state index contributed by atoms with van der Waals surface area (Å²) in [6, 6.07) is 7.23. The number of benzene rings is 2. The monoisotopic (exact) mass is 549 g/mol. The molecule has 14 heteroatoms. The molecule has 1 N–H and O–H groups in total. The van der Waals surface area contributed by atoms with Crippen LogP contribution in [0.3, 0.4) is 0 Å². The molecule has 2 aromatic rings. The van der Waals surface area contributed by atoms with Crippen molar-refractivity contribution in [2.75, 3.05) is 44.1 Å². The molecule has 3 rings (SSSR count). The van der Waals surface area contributed by atoms with Crippen molar-refractivity contribution in [1.82, 2.24) is 9.80 Å². The molecule has 1 saturated heterocycles. The Morgan fingerprint density at radius 2 is 1.72 bits per heavy atom. The Balaban J connectivity index is 1.59. The molecular formula is C22H23ClF3N3O6S. The molecule has 0 aliphatic carbocycles. The van der Waals surface area contributed by atoms with Gasteiger partial charge in [-0.05, 0) is 43.3 Å². The predicted molar refractivity (Wildman–Crippen MR) is 124 cm³/mol. The molecule has 196 valence electrons. The highest BCUT2D eigenvalue weighted by Crippen LogP contribution is 2.32. The number of nitrogens with zero attached hydrogens (tertiary/aromatic N) is 2. The number of anilines is 1. The molecule has 1 aliphatic rings. The second-order valence-corrected chi connectivity index (χ2v) is 9.72. The van der Waals surface area contributed by atoms with Crippen LogP contribution in [0.5, 0.6) is 5.75 Å². The van der Waals surface area contributed by atoms with E-state index in [1.807, 2.05) is 0 Å². The number of piperazine rings is 1. The second kappa shape index (κ2) is 11.2. The van der Waals surface area contributed by atoms with Gasteiger partial charge in [-0.15, -0.1) is 0 Å². The number of sulfonamides is 1. The van der Waals surface area contributed by atoms with Crippen LogP contribution in [0.4, 0.5) is 23.7 Å². The largest absolute Gasteiger partial charge is 0.482 e. The van der Waals surface area contributed by atoms with E-state index >= 15 is 0 Å². The topological polar surface area (TPSA) is 105 Å². The Morgan fingerprint density at radius 3 is 2.33 bits per heavy atom. The standard InChI is InChI=1S/C22H23ClF3N3O6S/c1-2-34-21(31)29-10-8-28(9-11-29)20(30)14-35-19-7-6-17(13-18(19)23)36(32,33)27-16-5-3-4-15(12-16)22(24,25)26/h3-7,12-13,27H,2,8-11,14H2,1H3. The van der Waals surface area contributed by atoms with Gasteiger partial charge in [0.1, 0.15) is 5.75 Å². The molecule has 0 bridgehead atoms. The molecule has 9 nitrogen and oxygen atoms in total. The lowest BCUT2D eigenvalue weighted by molar-refractivity contribution is -0.137. The minimum atomic E-state index is -4.63. The van der Waals surface area contributed by atoms with Crippen molar-refractivity contribution in [3.8, 4) is 5.75 Å². The third kappa shape index (κ3) is 6.94. The van der Waals surface area contributed by atoms with Crippen molar-refractivity contribution in [3.05, 3.63) is 53.1 Å². The number of alkyl halides is 3. The van der Waals surface area contributed by atoms with Gasteiger partial charge >= 0.3 is 12.3 Å². The number of nitrogens with one attached hydrogen (secondary N) is 1. The lowest BCUT2D eigenvalue weighted by Gasteiger charge is -2.34. The summed E-state index contributed by atoms with van der Waals surface area (Å²) < 4.78 is 76.4. The molecule has 1 heterocycles. The van der Waals surface area contributed by atoms with Gasteiger partial charge in [0.25, 0.3) is 15.9 Å². The van der Waals surface area contributed by atoms with E-state index in [-0.39, 0.29) is 40.5 Å². The summed E-state index contributed by atoms with van der Waals surface area (Å²) in [5, 5.41) is -0.109. The van der Waals surface area contributed by atoms with Crippen molar-refractivity contribution in [3.63, 3.8) is 0 Å². The maximum Gasteiger partial charge on any atom is 0.416 e. The number of carbonyl (C=O) groups is 2. The van der Waals surface area contributed by atoms with Gasteiger partial charge in [0.2, 0.25) is 0 Å². The number of rotatable bonds is 7. The quantitative estimate of drug-likeness (QED) is 0.563. The van der Waals surface area contributed by atoms with Crippen LogP contribution in [-0.4, -0.2) is 69.6 Å². The maximum atomic E-state index is 12.9. The van der Waals surface area contributed by atoms with E-state index in [9.17, 15) is 31.2 Å². The summed E-state index contributed by atoms with van der Waals surface area (Å²) in [6.07, 6.45) is -5.07. The van der Waals surface area contributed by atoms with Crippen molar-refractivity contribution in [1.29, 1.82) is 0 Å². The van der Waals surface area contributed by atoms with Crippen LogP contribution >= 0.6 is 11.6 Å². The van der Waals surface area contributed by atoms with Gasteiger partial charge in [0.05, 0.1) is 22.1 Å². The second-order valence-electron chi connectivity index (χ2n) is 7.63. The van der Waals surface area contributed by atoms with Crippen LogP contribution in [0.2, 0.25) is 5.02 Å². The summed E-state index contributed by atoms with van der Waals surface area (Å²) in [5.41, 5.74) is -1.27. The fourth-order valence-electron chi connectivity index (χ4n) is 3.32. The van der Waals surface area contributed by atoms with Crippen molar-refractivity contribution in [2.45, 2.75) is 18.0 Å². The summed E-state index contributed by atoms with van der Waals surface area (Å²) >= 11 is 6.13. The molecule has 0 atom stereocenters. The normalized spacial score (nSPS) is 14.4. The van der Waals surface area contributed by atoms with Crippen LogP contribution in [0.15, 0.2) is 47.4 Å². The molecule has 0 radical (unpaired) electrons. The summed E-state index contributed by atoms with van der Waals surface area (Å²) in [7, 11) is -4.25. The van der Waals surface area contributed by atoms with Gasteiger partial charge in [0.15, 0.2) is 6.61 Å². The first-order valence-corrected chi connectivity index (χ1v) is 12.6. The van der Waals surface area contributed by atoms with Crippen LogP contribution in [0, 0.1) is 0 Å². The highest BCUT2D eigenvalue weighted by Gasteiger charge is 2.31.